The number of aromatic nitrogens is 2. The van der Waals surface area contributed by atoms with Gasteiger partial charge in [0.25, 0.3) is 0 Å². The predicted molar refractivity (Wildman–Crippen MR) is 78.8 cm³/mol. The third-order valence-electron chi connectivity index (χ3n) is 2.55. The Morgan fingerprint density at radius 3 is 2.86 bits per heavy atom. The minimum absolute atomic E-state index is 0.0436. The van der Waals surface area contributed by atoms with E-state index in [2.05, 4.69) is 40.0 Å². The molecule has 0 aliphatic heterocycles. The van der Waals surface area contributed by atoms with Gasteiger partial charge in [-0.05, 0) is 12.5 Å². The summed E-state index contributed by atoms with van der Waals surface area (Å²) in [6, 6.07) is 0.334. The Bertz CT molecular complexity index is 408. The minimum atomic E-state index is -0.0436. The molecular formula is C13H25N5O3. The van der Waals surface area contributed by atoms with Crippen LogP contribution < -0.4 is 16.0 Å². The molecule has 1 heterocycles. The smallest absolute Gasteiger partial charge is 0.315 e. The predicted octanol–water partition coefficient (Wildman–Crippen LogP) is 0.380. The average Bonchev–Trinajstić information content (AvgIpc) is 2.86. The Morgan fingerprint density at radius 2 is 2.14 bits per heavy atom. The molecule has 120 valence electrons. The van der Waals surface area contributed by atoms with Crippen LogP contribution in [0.3, 0.4) is 0 Å². The first-order valence-corrected chi connectivity index (χ1v) is 7.14. The number of nitrogens with one attached hydrogen (secondary N) is 3. The first-order chi connectivity index (χ1) is 10.1. The van der Waals surface area contributed by atoms with Gasteiger partial charge in [0.1, 0.15) is 0 Å². The van der Waals surface area contributed by atoms with Gasteiger partial charge in [0.15, 0.2) is 0 Å². The van der Waals surface area contributed by atoms with Crippen molar-refractivity contribution >= 4 is 11.9 Å². The fourth-order valence-electron chi connectivity index (χ4n) is 1.53. The van der Waals surface area contributed by atoms with Gasteiger partial charge in [0.2, 0.25) is 11.8 Å². The maximum atomic E-state index is 11.4. The number of nitrogens with zero attached hydrogens (tertiary/aromatic N) is 2. The third kappa shape index (κ3) is 8.26. The molecule has 0 aliphatic carbocycles. The summed E-state index contributed by atoms with van der Waals surface area (Å²) < 4.78 is 10.2. The van der Waals surface area contributed by atoms with Crippen molar-refractivity contribution in [3.8, 4) is 0 Å². The lowest BCUT2D eigenvalue weighted by Crippen LogP contribution is -2.28. The highest BCUT2D eigenvalue weighted by Crippen LogP contribution is 2.05. The van der Waals surface area contributed by atoms with Gasteiger partial charge in [-0.25, -0.2) is 0 Å². The Morgan fingerprint density at radius 1 is 1.33 bits per heavy atom. The monoisotopic (exact) mass is 299 g/mol. The molecule has 1 rings (SSSR count). The molecule has 0 saturated heterocycles. The fraction of sp³-hybridized carbons (Fsp3) is 0.769. The van der Waals surface area contributed by atoms with Crippen molar-refractivity contribution in [2.75, 3.05) is 38.7 Å². The second-order valence-electron chi connectivity index (χ2n) is 5.05. The number of hydrogen-bond acceptors (Lipinski definition) is 7. The average molecular weight is 299 g/mol. The van der Waals surface area contributed by atoms with Crippen molar-refractivity contribution in [1.82, 2.24) is 20.8 Å². The SMILES string of the molecule is COCCNC(=O)CCNc1nnc(CNCC(C)C)o1. The van der Waals surface area contributed by atoms with Gasteiger partial charge >= 0.3 is 6.01 Å². The molecule has 3 N–H and O–H groups in total. The largest absolute Gasteiger partial charge is 0.407 e. The normalized spacial score (nSPS) is 10.9. The second-order valence-corrected chi connectivity index (χ2v) is 5.05. The van der Waals surface area contributed by atoms with Crippen molar-refractivity contribution < 1.29 is 13.9 Å². The molecule has 0 saturated carbocycles. The first-order valence-electron chi connectivity index (χ1n) is 7.14. The van der Waals surface area contributed by atoms with Crippen LogP contribution in [0.5, 0.6) is 0 Å². The van der Waals surface area contributed by atoms with E-state index in [-0.39, 0.29) is 5.91 Å². The molecular weight excluding hydrogens is 274 g/mol. The molecule has 1 aromatic rings. The summed E-state index contributed by atoms with van der Waals surface area (Å²) in [5.74, 6) is 1.06. The van der Waals surface area contributed by atoms with Gasteiger partial charge in [-0.15, -0.1) is 5.10 Å². The number of rotatable bonds is 11. The van der Waals surface area contributed by atoms with E-state index in [1.165, 1.54) is 0 Å². The van der Waals surface area contributed by atoms with E-state index in [1.54, 1.807) is 7.11 Å². The van der Waals surface area contributed by atoms with Crippen LogP contribution in [0.2, 0.25) is 0 Å². The molecule has 0 radical (unpaired) electrons. The summed E-state index contributed by atoms with van der Waals surface area (Å²) in [5.41, 5.74) is 0. The zero-order valence-electron chi connectivity index (χ0n) is 12.9. The molecule has 8 heteroatoms. The summed E-state index contributed by atoms with van der Waals surface area (Å²) in [6.07, 6.45) is 0.340. The van der Waals surface area contributed by atoms with Crippen molar-refractivity contribution in [2.24, 2.45) is 5.92 Å². The fourth-order valence-corrected chi connectivity index (χ4v) is 1.53. The molecule has 1 aromatic heterocycles. The molecule has 0 aromatic carbocycles. The van der Waals surface area contributed by atoms with Crippen molar-refractivity contribution in [1.29, 1.82) is 0 Å². The third-order valence-corrected chi connectivity index (χ3v) is 2.55. The summed E-state index contributed by atoms with van der Waals surface area (Å²) in [7, 11) is 1.59. The van der Waals surface area contributed by atoms with Crippen LogP contribution in [-0.2, 0) is 16.1 Å². The van der Waals surface area contributed by atoms with Crippen molar-refractivity contribution in [3.05, 3.63) is 5.89 Å². The molecule has 1 amide bonds. The number of amides is 1. The van der Waals surface area contributed by atoms with Gasteiger partial charge in [-0.3, -0.25) is 4.79 Å². The molecule has 0 unspecified atom stereocenters. The van der Waals surface area contributed by atoms with Gasteiger partial charge in [0, 0.05) is 26.6 Å². The van der Waals surface area contributed by atoms with Gasteiger partial charge in [0.05, 0.1) is 13.2 Å². The number of ether oxygens (including phenoxy) is 1. The lowest BCUT2D eigenvalue weighted by molar-refractivity contribution is -0.121. The van der Waals surface area contributed by atoms with E-state index < -0.39 is 0 Å². The van der Waals surface area contributed by atoms with Crippen LogP contribution in [0.15, 0.2) is 4.42 Å². The van der Waals surface area contributed by atoms with Crippen molar-refractivity contribution in [3.63, 3.8) is 0 Å². The standard InChI is InChI=1S/C13H25N5O3/c1-10(2)8-14-9-12-17-18-13(21-12)16-5-4-11(19)15-6-7-20-3/h10,14H,4-9H2,1-3H3,(H,15,19)(H,16,18). The summed E-state index contributed by atoms with van der Waals surface area (Å²) in [4.78, 5) is 11.4. The van der Waals surface area contributed by atoms with E-state index in [4.69, 9.17) is 9.15 Å². The number of hydrogen-bond donors (Lipinski definition) is 3. The highest BCUT2D eigenvalue weighted by molar-refractivity contribution is 5.76. The maximum absolute atomic E-state index is 11.4. The van der Waals surface area contributed by atoms with Gasteiger partial charge in [-0.2, -0.15) is 0 Å². The van der Waals surface area contributed by atoms with E-state index in [1.807, 2.05) is 0 Å². The van der Waals surface area contributed by atoms with Crippen LogP contribution in [0.1, 0.15) is 26.2 Å². The number of anilines is 1. The Hall–Kier alpha value is -1.67. The van der Waals surface area contributed by atoms with Crippen molar-refractivity contribution in [2.45, 2.75) is 26.8 Å². The van der Waals surface area contributed by atoms with E-state index >= 15 is 0 Å². The summed E-state index contributed by atoms with van der Waals surface area (Å²) >= 11 is 0. The summed E-state index contributed by atoms with van der Waals surface area (Å²) in [6.45, 7) is 7.17. The minimum Gasteiger partial charge on any atom is -0.407 e. The van der Waals surface area contributed by atoms with Crippen LogP contribution in [0.4, 0.5) is 6.01 Å². The van der Waals surface area contributed by atoms with Crippen LogP contribution >= 0.6 is 0 Å². The summed E-state index contributed by atoms with van der Waals surface area (Å²) in [5, 5.41) is 16.7. The zero-order valence-corrected chi connectivity index (χ0v) is 12.9. The van der Waals surface area contributed by atoms with Crippen LogP contribution in [0.25, 0.3) is 0 Å². The lowest BCUT2D eigenvalue weighted by atomic mass is 10.2. The van der Waals surface area contributed by atoms with E-state index in [0.717, 1.165) is 6.54 Å². The first kappa shape index (κ1) is 17.4. The second kappa shape index (κ2) is 10.1. The number of methoxy groups -OCH3 is 1. The van der Waals surface area contributed by atoms with E-state index in [0.29, 0.717) is 50.5 Å². The van der Waals surface area contributed by atoms with Gasteiger partial charge < -0.3 is 25.1 Å². The number of carbonyl (C=O) groups excluding carboxylic acids is 1. The van der Waals surface area contributed by atoms with Gasteiger partial charge in [-0.1, -0.05) is 18.9 Å². The molecule has 0 bridgehead atoms. The number of carbonyl (C=O) groups is 1. The highest BCUT2D eigenvalue weighted by Gasteiger charge is 2.06. The molecule has 0 fully saturated rings. The topological polar surface area (TPSA) is 101 Å². The molecule has 0 aliphatic rings. The van der Waals surface area contributed by atoms with Crippen LogP contribution in [0, 0.1) is 5.92 Å². The maximum Gasteiger partial charge on any atom is 0.315 e. The molecule has 21 heavy (non-hydrogen) atoms. The van der Waals surface area contributed by atoms with Crippen LogP contribution in [-0.4, -0.2) is 49.5 Å². The molecule has 8 nitrogen and oxygen atoms in total. The lowest BCUT2D eigenvalue weighted by Gasteiger charge is -2.04. The Labute approximate surface area is 125 Å². The molecule has 0 spiro atoms. The quantitative estimate of drug-likeness (QED) is 0.508. The Kier molecular flexibility index (Phi) is 8.37. The zero-order chi connectivity index (χ0) is 15.5. The Balaban J connectivity index is 2.15. The van der Waals surface area contributed by atoms with E-state index in [9.17, 15) is 4.79 Å². The molecule has 0 atom stereocenters. The highest BCUT2D eigenvalue weighted by atomic mass is 16.5.